The van der Waals surface area contributed by atoms with Crippen LogP contribution in [-0.2, 0) is 9.53 Å². The van der Waals surface area contributed by atoms with Gasteiger partial charge in [-0.15, -0.1) is 0 Å². The van der Waals surface area contributed by atoms with Crippen LogP contribution in [0.25, 0.3) is 0 Å². The summed E-state index contributed by atoms with van der Waals surface area (Å²) in [4.78, 5) is 11.7. The molecule has 0 heterocycles. The van der Waals surface area contributed by atoms with E-state index in [0.717, 1.165) is 12.8 Å². The highest BCUT2D eigenvalue weighted by atomic mass is 35.5. The monoisotopic (exact) mass is 327 g/mol. The van der Waals surface area contributed by atoms with E-state index in [4.69, 9.17) is 31.5 Å². The Hall–Kier alpha value is -1.46. The van der Waals surface area contributed by atoms with Crippen LogP contribution in [0.3, 0.4) is 0 Å². The molecule has 2 N–H and O–H groups in total. The lowest BCUT2D eigenvalue weighted by atomic mass is 10.1. The maximum absolute atomic E-state index is 11.7. The molecule has 1 aliphatic rings. The van der Waals surface area contributed by atoms with Crippen LogP contribution in [0.4, 0.5) is 0 Å². The van der Waals surface area contributed by atoms with Crippen LogP contribution in [0.5, 0.6) is 11.5 Å². The lowest BCUT2D eigenvalue weighted by Crippen LogP contribution is -2.39. The topological polar surface area (TPSA) is 70.8 Å². The number of ether oxygens (including phenoxy) is 3. The number of rotatable bonds is 7. The standard InChI is InChI=1S/C16H22ClNO4/c1-9(18)16(19)21-10(2)15(11-4-5-11)22-12-6-7-13(17)14(8-12)20-3/h6-11,15H,4-5,18H2,1-3H3/t9-,10-,15-/m0/s1. The molecular weight excluding hydrogens is 306 g/mol. The number of methoxy groups -OCH3 is 1. The van der Waals surface area contributed by atoms with Crippen molar-refractivity contribution in [3.63, 3.8) is 0 Å². The van der Waals surface area contributed by atoms with Crippen molar-refractivity contribution in [1.82, 2.24) is 0 Å². The molecule has 1 aromatic rings. The highest BCUT2D eigenvalue weighted by molar-refractivity contribution is 6.32. The van der Waals surface area contributed by atoms with Gasteiger partial charge in [0.15, 0.2) is 0 Å². The van der Waals surface area contributed by atoms with E-state index in [1.807, 2.05) is 6.92 Å². The van der Waals surface area contributed by atoms with E-state index in [2.05, 4.69) is 0 Å². The van der Waals surface area contributed by atoms with Crippen LogP contribution in [0.2, 0.25) is 5.02 Å². The molecule has 0 unspecified atom stereocenters. The Morgan fingerprint density at radius 2 is 2.05 bits per heavy atom. The first-order valence-corrected chi connectivity index (χ1v) is 7.76. The minimum Gasteiger partial charge on any atom is -0.495 e. The van der Waals surface area contributed by atoms with Crippen molar-refractivity contribution in [3.8, 4) is 11.5 Å². The molecule has 6 heteroatoms. The fourth-order valence-corrected chi connectivity index (χ4v) is 2.42. The Labute approximate surface area is 135 Å². The molecule has 1 saturated carbocycles. The smallest absolute Gasteiger partial charge is 0.323 e. The summed E-state index contributed by atoms with van der Waals surface area (Å²) in [6.45, 7) is 3.43. The molecule has 0 radical (unpaired) electrons. The van der Waals surface area contributed by atoms with Crippen LogP contribution >= 0.6 is 11.6 Å². The second kappa shape index (κ2) is 7.20. The first kappa shape index (κ1) is 16.9. The van der Waals surface area contributed by atoms with Crippen LogP contribution < -0.4 is 15.2 Å². The minimum atomic E-state index is -0.641. The van der Waals surface area contributed by atoms with Gasteiger partial charge in [0.2, 0.25) is 0 Å². The number of carbonyl (C=O) groups excluding carboxylic acids is 1. The molecule has 0 aliphatic heterocycles. The highest BCUT2D eigenvalue weighted by Crippen LogP contribution is 2.38. The fourth-order valence-electron chi connectivity index (χ4n) is 2.23. The molecule has 3 atom stereocenters. The number of hydrogen-bond acceptors (Lipinski definition) is 5. The molecule has 1 aliphatic carbocycles. The SMILES string of the molecule is COc1cc(O[C@H](C2CC2)[C@H](C)OC(=O)[C@H](C)N)ccc1Cl. The maximum atomic E-state index is 11.7. The quantitative estimate of drug-likeness (QED) is 0.780. The van der Waals surface area contributed by atoms with Crippen molar-refractivity contribution in [3.05, 3.63) is 23.2 Å². The van der Waals surface area contributed by atoms with E-state index < -0.39 is 12.0 Å². The predicted octanol–water partition coefficient (Wildman–Crippen LogP) is 2.78. The minimum absolute atomic E-state index is 0.200. The zero-order valence-corrected chi connectivity index (χ0v) is 13.8. The summed E-state index contributed by atoms with van der Waals surface area (Å²) in [6, 6.07) is 4.59. The largest absolute Gasteiger partial charge is 0.495 e. The molecule has 0 saturated heterocycles. The van der Waals surface area contributed by atoms with Crippen LogP contribution in [0, 0.1) is 5.92 Å². The summed E-state index contributed by atoms with van der Waals surface area (Å²) >= 11 is 6.01. The van der Waals surface area contributed by atoms with Crippen LogP contribution in [0.15, 0.2) is 18.2 Å². The molecule has 0 aromatic heterocycles. The van der Waals surface area contributed by atoms with Gasteiger partial charge in [-0.25, -0.2) is 0 Å². The predicted molar refractivity (Wildman–Crippen MR) is 84.3 cm³/mol. The van der Waals surface area contributed by atoms with Crippen molar-refractivity contribution in [2.24, 2.45) is 11.7 Å². The van der Waals surface area contributed by atoms with Crippen molar-refractivity contribution >= 4 is 17.6 Å². The van der Waals surface area contributed by atoms with Crippen LogP contribution in [0.1, 0.15) is 26.7 Å². The Bertz CT molecular complexity index is 531. The first-order chi connectivity index (χ1) is 10.4. The van der Waals surface area contributed by atoms with Gasteiger partial charge in [-0.1, -0.05) is 11.6 Å². The van der Waals surface area contributed by atoms with E-state index in [1.54, 1.807) is 32.2 Å². The third-order valence-electron chi connectivity index (χ3n) is 3.62. The lowest BCUT2D eigenvalue weighted by Gasteiger charge is -2.26. The third-order valence-corrected chi connectivity index (χ3v) is 3.93. The highest BCUT2D eigenvalue weighted by Gasteiger charge is 2.38. The van der Waals surface area contributed by atoms with Crippen molar-refractivity contribution in [1.29, 1.82) is 0 Å². The van der Waals surface area contributed by atoms with Crippen molar-refractivity contribution < 1.29 is 19.0 Å². The van der Waals surface area contributed by atoms with Gasteiger partial charge in [0, 0.05) is 6.07 Å². The molecule has 0 spiro atoms. The third kappa shape index (κ3) is 4.27. The summed E-state index contributed by atoms with van der Waals surface area (Å²) in [6.07, 6.45) is 1.56. The van der Waals surface area contributed by atoms with Gasteiger partial charge >= 0.3 is 5.97 Å². The number of hydrogen-bond donors (Lipinski definition) is 1. The fraction of sp³-hybridized carbons (Fsp3) is 0.562. The first-order valence-electron chi connectivity index (χ1n) is 7.38. The molecule has 5 nitrogen and oxygen atoms in total. The number of halogens is 1. The summed E-state index contributed by atoms with van der Waals surface area (Å²) in [5.41, 5.74) is 5.54. The van der Waals surface area contributed by atoms with Gasteiger partial charge in [0.25, 0.3) is 0 Å². The normalized spacial score (nSPS) is 18.2. The average molecular weight is 328 g/mol. The summed E-state index contributed by atoms with van der Waals surface area (Å²) in [5, 5.41) is 0.522. The van der Waals surface area contributed by atoms with Gasteiger partial charge in [0.05, 0.1) is 12.1 Å². The zero-order valence-electron chi connectivity index (χ0n) is 13.0. The molecule has 122 valence electrons. The second-order valence-electron chi connectivity index (χ2n) is 5.65. The lowest BCUT2D eigenvalue weighted by molar-refractivity contribution is -0.154. The number of benzene rings is 1. The van der Waals surface area contributed by atoms with Gasteiger partial charge in [0.1, 0.15) is 29.7 Å². The molecular formula is C16H22ClNO4. The molecule has 2 rings (SSSR count). The zero-order chi connectivity index (χ0) is 16.3. The Morgan fingerprint density at radius 3 is 2.59 bits per heavy atom. The second-order valence-corrected chi connectivity index (χ2v) is 6.05. The van der Waals surface area contributed by atoms with E-state index in [9.17, 15) is 4.79 Å². The molecule has 1 fully saturated rings. The van der Waals surface area contributed by atoms with Gasteiger partial charge < -0.3 is 19.9 Å². The number of esters is 1. The van der Waals surface area contributed by atoms with E-state index in [-0.39, 0.29) is 12.2 Å². The summed E-state index contributed by atoms with van der Waals surface area (Å²) in [5.74, 6) is 1.16. The molecule has 0 bridgehead atoms. The maximum Gasteiger partial charge on any atom is 0.323 e. The van der Waals surface area contributed by atoms with Crippen molar-refractivity contribution in [2.75, 3.05) is 7.11 Å². The Morgan fingerprint density at radius 1 is 1.36 bits per heavy atom. The van der Waals surface area contributed by atoms with E-state index >= 15 is 0 Å². The molecule has 0 amide bonds. The molecule has 1 aromatic carbocycles. The van der Waals surface area contributed by atoms with Gasteiger partial charge in [-0.05, 0) is 44.7 Å². The average Bonchev–Trinajstić information content (AvgIpc) is 3.30. The molecule has 22 heavy (non-hydrogen) atoms. The van der Waals surface area contributed by atoms with Crippen molar-refractivity contribution in [2.45, 2.75) is 44.9 Å². The Balaban J connectivity index is 2.07. The van der Waals surface area contributed by atoms with E-state index in [1.165, 1.54) is 0 Å². The summed E-state index contributed by atoms with van der Waals surface area (Å²) < 4.78 is 16.6. The van der Waals surface area contributed by atoms with Crippen LogP contribution in [-0.4, -0.2) is 31.3 Å². The van der Waals surface area contributed by atoms with E-state index in [0.29, 0.717) is 22.4 Å². The van der Waals surface area contributed by atoms with Gasteiger partial charge in [-0.3, -0.25) is 4.79 Å². The number of nitrogens with two attached hydrogens (primary N) is 1. The van der Waals surface area contributed by atoms with Gasteiger partial charge in [-0.2, -0.15) is 0 Å². The number of carbonyl (C=O) groups is 1. The summed E-state index contributed by atoms with van der Waals surface area (Å²) in [7, 11) is 1.55. The Kier molecular flexibility index (Phi) is 5.53.